The first-order valence-corrected chi connectivity index (χ1v) is 7.73. The van der Waals surface area contributed by atoms with Crippen molar-refractivity contribution in [1.29, 1.82) is 0 Å². The summed E-state index contributed by atoms with van der Waals surface area (Å²) in [7, 11) is 0. The smallest absolute Gasteiger partial charge is 0.277 e. The number of nitrogens with one attached hydrogen (secondary N) is 1. The molecular formula is C19H16N2O2. The molecule has 1 N–H and O–H groups in total. The van der Waals surface area contributed by atoms with Crippen molar-refractivity contribution in [2.45, 2.75) is 18.8 Å². The average Bonchev–Trinajstić information content (AvgIpc) is 3.33. The predicted octanol–water partition coefficient (Wildman–Crippen LogP) is 4.47. The summed E-state index contributed by atoms with van der Waals surface area (Å²) in [6.45, 7) is 0. The first-order chi connectivity index (χ1) is 11.3. The third-order valence-corrected chi connectivity index (χ3v) is 4.00. The molecule has 1 aromatic heterocycles. The maximum Gasteiger partial charge on any atom is 0.277 e. The Balaban J connectivity index is 1.59. The van der Waals surface area contributed by atoms with E-state index in [1.807, 2.05) is 54.6 Å². The van der Waals surface area contributed by atoms with E-state index in [-0.39, 0.29) is 5.91 Å². The molecule has 114 valence electrons. The van der Waals surface area contributed by atoms with Gasteiger partial charge in [-0.05, 0) is 24.5 Å². The monoisotopic (exact) mass is 304 g/mol. The summed E-state index contributed by atoms with van der Waals surface area (Å²) in [5.41, 5.74) is 3.13. The van der Waals surface area contributed by atoms with Gasteiger partial charge in [-0.3, -0.25) is 4.79 Å². The maximum atomic E-state index is 12.4. The second kappa shape index (κ2) is 5.72. The average molecular weight is 304 g/mol. The maximum absolute atomic E-state index is 12.4. The van der Waals surface area contributed by atoms with E-state index in [9.17, 15) is 4.79 Å². The number of hydrogen-bond donors (Lipinski definition) is 1. The molecule has 0 radical (unpaired) electrons. The van der Waals surface area contributed by atoms with Crippen molar-refractivity contribution in [2.75, 3.05) is 5.32 Å². The topological polar surface area (TPSA) is 55.1 Å². The van der Waals surface area contributed by atoms with Gasteiger partial charge in [-0.15, -0.1) is 0 Å². The quantitative estimate of drug-likeness (QED) is 0.773. The zero-order valence-electron chi connectivity index (χ0n) is 12.5. The van der Waals surface area contributed by atoms with Crippen LogP contribution in [0.1, 0.15) is 35.0 Å². The van der Waals surface area contributed by atoms with Gasteiger partial charge >= 0.3 is 0 Å². The van der Waals surface area contributed by atoms with Crippen LogP contribution in [0.15, 0.2) is 65.2 Å². The number of nitrogens with zero attached hydrogens (tertiary/aromatic N) is 1. The summed E-state index contributed by atoms with van der Waals surface area (Å²) < 4.78 is 5.25. The molecular weight excluding hydrogens is 288 g/mol. The van der Waals surface area contributed by atoms with Crippen LogP contribution in [-0.4, -0.2) is 11.1 Å². The first-order valence-electron chi connectivity index (χ1n) is 7.73. The summed E-state index contributed by atoms with van der Waals surface area (Å²) in [4.78, 5) is 12.4. The van der Waals surface area contributed by atoms with Crippen LogP contribution in [0, 0.1) is 0 Å². The molecule has 1 fully saturated rings. The SMILES string of the molecule is O=C(Nc1ccccc1-c1ccccc1)c1cc(C2CC2)on1. The van der Waals surface area contributed by atoms with E-state index in [0.717, 1.165) is 35.4 Å². The highest BCUT2D eigenvalue weighted by molar-refractivity contribution is 6.05. The standard InChI is InChI=1S/C19H16N2O2/c22-19(17-12-18(23-21-17)14-10-11-14)20-16-9-5-4-8-15(16)13-6-2-1-3-7-13/h1-9,12,14H,10-11H2,(H,20,22). The predicted molar refractivity (Wildman–Crippen MR) is 88.3 cm³/mol. The molecule has 0 atom stereocenters. The van der Waals surface area contributed by atoms with E-state index < -0.39 is 0 Å². The first kappa shape index (κ1) is 13.8. The number of para-hydroxylation sites is 1. The van der Waals surface area contributed by atoms with Gasteiger partial charge in [0.25, 0.3) is 5.91 Å². The Morgan fingerprint density at radius 1 is 1.04 bits per heavy atom. The molecule has 1 saturated carbocycles. The molecule has 0 unspecified atom stereocenters. The van der Waals surface area contributed by atoms with Crippen molar-refractivity contribution in [1.82, 2.24) is 5.16 Å². The summed E-state index contributed by atoms with van der Waals surface area (Å²) in [6, 6.07) is 19.5. The molecule has 2 aromatic carbocycles. The molecule has 3 aromatic rings. The Morgan fingerprint density at radius 3 is 2.57 bits per heavy atom. The highest BCUT2D eigenvalue weighted by atomic mass is 16.5. The third kappa shape index (κ3) is 2.88. The van der Waals surface area contributed by atoms with Gasteiger partial charge in [-0.1, -0.05) is 53.7 Å². The van der Waals surface area contributed by atoms with Crippen molar-refractivity contribution in [3.05, 3.63) is 72.1 Å². The number of carbonyl (C=O) groups excluding carboxylic acids is 1. The zero-order chi connectivity index (χ0) is 15.6. The largest absolute Gasteiger partial charge is 0.360 e. The van der Waals surface area contributed by atoms with E-state index in [1.54, 1.807) is 6.07 Å². The van der Waals surface area contributed by atoms with E-state index >= 15 is 0 Å². The van der Waals surface area contributed by atoms with Crippen molar-refractivity contribution >= 4 is 11.6 Å². The minimum absolute atomic E-state index is 0.246. The summed E-state index contributed by atoms with van der Waals surface area (Å²) in [6.07, 6.45) is 2.24. The van der Waals surface area contributed by atoms with Crippen molar-refractivity contribution in [3.8, 4) is 11.1 Å². The lowest BCUT2D eigenvalue weighted by Crippen LogP contribution is -2.12. The van der Waals surface area contributed by atoms with Crippen molar-refractivity contribution in [3.63, 3.8) is 0 Å². The van der Waals surface area contributed by atoms with Crippen LogP contribution >= 0.6 is 0 Å². The van der Waals surface area contributed by atoms with Crippen molar-refractivity contribution < 1.29 is 9.32 Å². The van der Waals surface area contributed by atoms with Gasteiger partial charge in [0.1, 0.15) is 5.76 Å². The van der Waals surface area contributed by atoms with Gasteiger partial charge in [0.05, 0.1) is 0 Å². The lowest BCUT2D eigenvalue weighted by molar-refractivity contribution is 0.101. The van der Waals surface area contributed by atoms with Crippen LogP contribution in [0.2, 0.25) is 0 Å². The number of carbonyl (C=O) groups is 1. The van der Waals surface area contributed by atoms with Crippen LogP contribution in [-0.2, 0) is 0 Å². The highest BCUT2D eigenvalue weighted by Crippen LogP contribution is 2.40. The molecule has 0 spiro atoms. The van der Waals surface area contributed by atoms with Gasteiger partial charge in [-0.2, -0.15) is 0 Å². The number of rotatable bonds is 4. The fraction of sp³-hybridized carbons (Fsp3) is 0.158. The Labute approximate surface area is 134 Å². The minimum atomic E-state index is -0.246. The molecule has 0 aliphatic heterocycles. The number of benzene rings is 2. The van der Waals surface area contributed by atoms with E-state index in [0.29, 0.717) is 11.6 Å². The number of aromatic nitrogens is 1. The minimum Gasteiger partial charge on any atom is -0.360 e. The van der Waals surface area contributed by atoms with Crippen LogP contribution < -0.4 is 5.32 Å². The normalized spacial score (nSPS) is 13.7. The molecule has 1 aliphatic carbocycles. The molecule has 4 heteroatoms. The fourth-order valence-corrected chi connectivity index (χ4v) is 2.60. The van der Waals surface area contributed by atoms with Gasteiger partial charge in [0, 0.05) is 23.2 Å². The van der Waals surface area contributed by atoms with Gasteiger partial charge in [-0.25, -0.2) is 0 Å². The summed E-state index contributed by atoms with van der Waals surface area (Å²) in [5.74, 6) is 1.01. The molecule has 4 nitrogen and oxygen atoms in total. The molecule has 1 amide bonds. The summed E-state index contributed by atoms with van der Waals surface area (Å²) >= 11 is 0. The molecule has 23 heavy (non-hydrogen) atoms. The van der Waals surface area contributed by atoms with Crippen LogP contribution in [0.4, 0.5) is 5.69 Å². The van der Waals surface area contributed by atoms with Gasteiger partial charge in [0.15, 0.2) is 5.69 Å². The number of amides is 1. The van der Waals surface area contributed by atoms with E-state index in [4.69, 9.17) is 4.52 Å². The molecule has 1 aliphatic rings. The van der Waals surface area contributed by atoms with Crippen molar-refractivity contribution in [2.24, 2.45) is 0 Å². The Morgan fingerprint density at radius 2 is 1.78 bits per heavy atom. The Hall–Kier alpha value is -2.88. The third-order valence-electron chi connectivity index (χ3n) is 4.00. The summed E-state index contributed by atoms with van der Waals surface area (Å²) in [5, 5.41) is 6.83. The Bertz CT molecular complexity index is 835. The zero-order valence-corrected chi connectivity index (χ0v) is 12.5. The lowest BCUT2D eigenvalue weighted by atomic mass is 10.0. The Kier molecular flexibility index (Phi) is 3.42. The molecule has 0 bridgehead atoms. The van der Waals surface area contributed by atoms with Gasteiger partial charge < -0.3 is 9.84 Å². The van der Waals surface area contributed by atoms with Gasteiger partial charge in [0.2, 0.25) is 0 Å². The molecule has 0 saturated heterocycles. The molecule has 4 rings (SSSR count). The van der Waals surface area contributed by atoms with Crippen LogP contribution in [0.25, 0.3) is 11.1 Å². The van der Waals surface area contributed by atoms with E-state index in [1.165, 1.54) is 0 Å². The molecule has 1 heterocycles. The number of anilines is 1. The lowest BCUT2D eigenvalue weighted by Gasteiger charge is -2.10. The second-order valence-corrected chi connectivity index (χ2v) is 5.75. The van der Waals surface area contributed by atoms with E-state index in [2.05, 4.69) is 10.5 Å². The van der Waals surface area contributed by atoms with Crippen LogP contribution in [0.3, 0.4) is 0 Å². The second-order valence-electron chi connectivity index (χ2n) is 5.75. The number of hydrogen-bond acceptors (Lipinski definition) is 3. The highest BCUT2D eigenvalue weighted by Gasteiger charge is 2.29. The fourth-order valence-electron chi connectivity index (χ4n) is 2.60. The van der Waals surface area contributed by atoms with Crippen LogP contribution in [0.5, 0.6) is 0 Å².